The summed E-state index contributed by atoms with van der Waals surface area (Å²) in [4.78, 5) is 25.7. The van der Waals surface area contributed by atoms with Crippen molar-refractivity contribution in [1.29, 1.82) is 0 Å². The molecule has 0 saturated carbocycles. The average Bonchev–Trinajstić information content (AvgIpc) is 3.04. The van der Waals surface area contributed by atoms with E-state index in [1.807, 2.05) is 6.07 Å². The van der Waals surface area contributed by atoms with E-state index in [0.717, 1.165) is 17.3 Å². The van der Waals surface area contributed by atoms with E-state index in [4.69, 9.17) is 0 Å². The van der Waals surface area contributed by atoms with Crippen LogP contribution in [0, 0.1) is 0 Å². The van der Waals surface area contributed by atoms with Crippen molar-refractivity contribution in [2.45, 2.75) is 32.5 Å². The van der Waals surface area contributed by atoms with Gasteiger partial charge in [-0.2, -0.15) is 13.2 Å². The van der Waals surface area contributed by atoms with Crippen molar-refractivity contribution >= 4 is 28.9 Å². The molecule has 2 aromatic carbocycles. The third-order valence-electron chi connectivity index (χ3n) is 4.62. The number of carbonyl (C=O) groups excluding carboxylic acids is 2. The van der Waals surface area contributed by atoms with E-state index >= 15 is 0 Å². The predicted molar refractivity (Wildman–Crippen MR) is 101 cm³/mol. The quantitative estimate of drug-likeness (QED) is 0.827. The molecule has 1 aliphatic heterocycles. The van der Waals surface area contributed by atoms with E-state index in [0.29, 0.717) is 18.7 Å². The number of anilines is 3. The third-order valence-corrected chi connectivity index (χ3v) is 4.62. The summed E-state index contributed by atoms with van der Waals surface area (Å²) >= 11 is 0. The van der Waals surface area contributed by atoms with E-state index in [9.17, 15) is 22.8 Å². The smallest absolute Gasteiger partial charge is 0.374 e. The monoisotopic (exact) mass is 391 g/mol. The second-order valence-corrected chi connectivity index (χ2v) is 6.66. The number of carbonyl (C=O) groups is 2. The molecule has 5 nitrogen and oxygen atoms in total. The number of fused-ring (bicyclic) bond motifs is 1. The highest BCUT2D eigenvalue weighted by molar-refractivity contribution is 5.97. The molecule has 1 heterocycles. The first kappa shape index (κ1) is 19.7. The SMILES string of the molecule is CC(=O)N1CCc2cc(N[C@H](C)C(=O)Nc3ccccc3C(F)(F)F)ccc21. The Kier molecular flexibility index (Phi) is 5.31. The molecule has 0 fully saturated rings. The maximum absolute atomic E-state index is 13.1. The van der Waals surface area contributed by atoms with Gasteiger partial charge in [0.2, 0.25) is 11.8 Å². The zero-order valence-electron chi connectivity index (χ0n) is 15.4. The molecule has 0 radical (unpaired) electrons. The van der Waals surface area contributed by atoms with Gasteiger partial charge >= 0.3 is 6.18 Å². The predicted octanol–water partition coefficient (Wildman–Crippen LogP) is 4.05. The van der Waals surface area contributed by atoms with Crippen LogP contribution in [0.15, 0.2) is 42.5 Å². The maximum atomic E-state index is 13.1. The summed E-state index contributed by atoms with van der Waals surface area (Å²) in [6.45, 7) is 3.69. The first-order valence-corrected chi connectivity index (χ1v) is 8.81. The number of para-hydroxylation sites is 1. The summed E-state index contributed by atoms with van der Waals surface area (Å²) in [5.74, 6) is -0.613. The molecule has 0 aromatic heterocycles. The lowest BCUT2D eigenvalue weighted by atomic mass is 10.1. The summed E-state index contributed by atoms with van der Waals surface area (Å²) in [5, 5.41) is 5.33. The van der Waals surface area contributed by atoms with Gasteiger partial charge in [-0.15, -0.1) is 0 Å². The van der Waals surface area contributed by atoms with Crippen molar-refractivity contribution in [3.63, 3.8) is 0 Å². The van der Waals surface area contributed by atoms with Gasteiger partial charge in [0.25, 0.3) is 0 Å². The van der Waals surface area contributed by atoms with Crippen LogP contribution in [0.4, 0.5) is 30.2 Å². The highest BCUT2D eigenvalue weighted by Gasteiger charge is 2.34. The van der Waals surface area contributed by atoms with Crippen molar-refractivity contribution in [3.8, 4) is 0 Å². The van der Waals surface area contributed by atoms with Crippen LogP contribution in [0.3, 0.4) is 0 Å². The lowest BCUT2D eigenvalue weighted by molar-refractivity contribution is -0.137. The van der Waals surface area contributed by atoms with Crippen molar-refractivity contribution in [2.75, 3.05) is 22.1 Å². The van der Waals surface area contributed by atoms with Crippen molar-refractivity contribution in [1.82, 2.24) is 0 Å². The number of benzene rings is 2. The standard InChI is InChI=1S/C20H20F3N3O2/c1-12(19(28)25-17-6-4-3-5-16(17)20(21,22)23)24-15-7-8-18-14(11-15)9-10-26(18)13(2)27/h3-8,11-12,24H,9-10H2,1-2H3,(H,25,28)/t12-/m1/s1. The maximum Gasteiger partial charge on any atom is 0.418 e. The molecule has 148 valence electrons. The summed E-state index contributed by atoms with van der Waals surface area (Å²) < 4.78 is 39.2. The Hall–Kier alpha value is -3.03. The highest BCUT2D eigenvalue weighted by atomic mass is 19.4. The molecule has 3 rings (SSSR count). The normalized spacial score (nSPS) is 14.4. The molecule has 2 amide bonds. The summed E-state index contributed by atoms with van der Waals surface area (Å²) in [7, 11) is 0. The van der Waals surface area contributed by atoms with Crippen LogP contribution in [-0.4, -0.2) is 24.4 Å². The Morgan fingerprint density at radius 3 is 2.54 bits per heavy atom. The van der Waals surface area contributed by atoms with Crippen molar-refractivity contribution in [2.24, 2.45) is 0 Å². The fraction of sp³-hybridized carbons (Fsp3) is 0.300. The molecular formula is C20H20F3N3O2. The molecule has 0 saturated heterocycles. The highest BCUT2D eigenvalue weighted by Crippen LogP contribution is 2.35. The topological polar surface area (TPSA) is 61.4 Å². The Morgan fingerprint density at radius 1 is 1.14 bits per heavy atom. The average molecular weight is 391 g/mol. The number of hydrogen-bond acceptors (Lipinski definition) is 3. The second-order valence-electron chi connectivity index (χ2n) is 6.66. The van der Waals surface area contributed by atoms with Crippen LogP contribution in [0.25, 0.3) is 0 Å². The van der Waals surface area contributed by atoms with Crippen LogP contribution in [0.5, 0.6) is 0 Å². The fourth-order valence-corrected chi connectivity index (χ4v) is 3.21. The van der Waals surface area contributed by atoms with Crippen LogP contribution >= 0.6 is 0 Å². The minimum atomic E-state index is -4.55. The van der Waals surface area contributed by atoms with Gasteiger partial charge < -0.3 is 15.5 Å². The van der Waals surface area contributed by atoms with Gasteiger partial charge in [0.05, 0.1) is 11.3 Å². The Labute approximate surface area is 160 Å². The molecule has 0 unspecified atom stereocenters. The zero-order chi connectivity index (χ0) is 20.5. The molecule has 0 spiro atoms. The van der Waals surface area contributed by atoms with E-state index in [2.05, 4.69) is 10.6 Å². The number of nitrogens with zero attached hydrogens (tertiary/aromatic N) is 1. The van der Waals surface area contributed by atoms with Crippen LogP contribution in [0.1, 0.15) is 25.0 Å². The van der Waals surface area contributed by atoms with E-state index in [1.54, 1.807) is 24.0 Å². The molecule has 28 heavy (non-hydrogen) atoms. The van der Waals surface area contributed by atoms with Gasteiger partial charge in [-0.3, -0.25) is 9.59 Å². The van der Waals surface area contributed by atoms with Gasteiger partial charge in [-0.1, -0.05) is 12.1 Å². The summed E-state index contributed by atoms with van der Waals surface area (Å²) in [6.07, 6.45) is -3.84. The number of amides is 2. The number of nitrogens with one attached hydrogen (secondary N) is 2. The largest absolute Gasteiger partial charge is 0.418 e. The van der Waals surface area contributed by atoms with Gasteiger partial charge in [0.15, 0.2) is 0 Å². The van der Waals surface area contributed by atoms with Gasteiger partial charge in [0.1, 0.15) is 6.04 Å². The minimum Gasteiger partial charge on any atom is -0.374 e. The van der Waals surface area contributed by atoms with E-state index in [1.165, 1.54) is 25.1 Å². The molecule has 2 aromatic rings. The molecule has 8 heteroatoms. The first-order chi connectivity index (χ1) is 13.2. The van der Waals surface area contributed by atoms with Gasteiger partial charge in [0, 0.05) is 24.8 Å². The minimum absolute atomic E-state index is 0.0319. The summed E-state index contributed by atoms with van der Waals surface area (Å²) in [5.41, 5.74) is 1.32. The van der Waals surface area contributed by atoms with Crippen LogP contribution in [0.2, 0.25) is 0 Å². The van der Waals surface area contributed by atoms with Gasteiger partial charge in [-0.25, -0.2) is 0 Å². The summed E-state index contributed by atoms with van der Waals surface area (Å²) in [6, 6.07) is 9.49. The van der Waals surface area contributed by atoms with Crippen molar-refractivity contribution < 1.29 is 22.8 Å². The molecule has 1 atom stereocenters. The lowest BCUT2D eigenvalue weighted by Crippen LogP contribution is -2.32. The van der Waals surface area contributed by atoms with Crippen molar-refractivity contribution in [3.05, 3.63) is 53.6 Å². The Bertz CT molecular complexity index is 912. The van der Waals surface area contributed by atoms with E-state index in [-0.39, 0.29) is 11.6 Å². The number of alkyl halides is 3. The first-order valence-electron chi connectivity index (χ1n) is 8.81. The lowest BCUT2D eigenvalue weighted by Gasteiger charge is -2.19. The second kappa shape index (κ2) is 7.53. The molecular weight excluding hydrogens is 371 g/mol. The van der Waals surface area contributed by atoms with E-state index < -0.39 is 23.7 Å². The molecule has 0 aliphatic carbocycles. The molecule has 0 bridgehead atoms. The Morgan fingerprint density at radius 2 is 1.86 bits per heavy atom. The molecule has 2 N–H and O–H groups in total. The number of hydrogen-bond donors (Lipinski definition) is 2. The Balaban J connectivity index is 1.70. The van der Waals surface area contributed by atoms with Crippen LogP contribution < -0.4 is 15.5 Å². The number of halogens is 3. The number of rotatable bonds is 4. The fourth-order valence-electron chi connectivity index (χ4n) is 3.21. The molecule has 1 aliphatic rings. The zero-order valence-corrected chi connectivity index (χ0v) is 15.4. The van der Waals surface area contributed by atoms with Crippen LogP contribution in [-0.2, 0) is 22.2 Å². The third kappa shape index (κ3) is 4.11. The van der Waals surface area contributed by atoms with Gasteiger partial charge in [-0.05, 0) is 49.2 Å².